The molecule has 0 bridgehead atoms. The summed E-state index contributed by atoms with van der Waals surface area (Å²) in [6.45, 7) is 0.512. The van der Waals surface area contributed by atoms with Crippen molar-refractivity contribution in [1.82, 2.24) is 14.3 Å². The van der Waals surface area contributed by atoms with Gasteiger partial charge >= 0.3 is 0 Å². The van der Waals surface area contributed by atoms with Gasteiger partial charge in [-0.1, -0.05) is 18.9 Å². The molecule has 1 fully saturated rings. The minimum absolute atomic E-state index is 0.0610. The highest BCUT2D eigenvalue weighted by Gasteiger charge is 2.24. The predicted octanol–water partition coefficient (Wildman–Crippen LogP) is 1.38. The minimum Gasteiger partial charge on any atom is -0.454 e. The SMILES string of the molecule is CN(C)C(CNS(=O)(=O)NC1CCCC1)c1ccc2c(c1)OCO2. The first-order chi connectivity index (χ1) is 11.4. The van der Waals surface area contributed by atoms with Gasteiger partial charge in [0.2, 0.25) is 6.79 Å². The molecule has 8 heteroatoms. The smallest absolute Gasteiger partial charge is 0.277 e. The molecule has 0 radical (unpaired) electrons. The molecule has 24 heavy (non-hydrogen) atoms. The van der Waals surface area contributed by atoms with E-state index in [9.17, 15) is 8.42 Å². The summed E-state index contributed by atoms with van der Waals surface area (Å²) in [7, 11) is 0.353. The number of ether oxygens (including phenoxy) is 2. The molecular formula is C16H25N3O4S. The van der Waals surface area contributed by atoms with Crippen LogP contribution in [0.1, 0.15) is 37.3 Å². The summed E-state index contributed by atoms with van der Waals surface area (Å²) in [5.41, 5.74) is 0.979. The molecule has 0 aromatic heterocycles. The first-order valence-corrected chi connectivity index (χ1v) is 9.76. The average molecular weight is 355 g/mol. The predicted molar refractivity (Wildman–Crippen MR) is 91.3 cm³/mol. The van der Waals surface area contributed by atoms with Crippen molar-refractivity contribution < 1.29 is 17.9 Å². The fourth-order valence-electron chi connectivity index (χ4n) is 3.21. The average Bonchev–Trinajstić information content (AvgIpc) is 3.17. The maximum atomic E-state index is 12.2. The van der Waals surface area contributed by atoms with Crippen molar-refractivity contribution in [3.63, 3.8) is 0 Å². The Morgan fingerprint density at radius 2 is 1.92 bits per heavy atom. The van der Waals surface area contributed by atoms with E-state index < -0.39 is 10.2 Å². The summed E-state index contributed by atoms with van der Waals surface area (Å²) in [6.07, 6.45) is 4.01. The van der Waals surface area contributed by atoms with Crippen LogP contribution in [0.15, 0.2) is 18.2 Å². The standard InChI is InChI=1S/C16H25N3O4S/c1-19(2)14(12-7-8-15-16(9-12)23-11-22-15)10-17-24(20,21)18-13-5-3-4-6-13/h7-9,13-14,17-18H,3-6,10-11H2,1-2H3. The molecule has 1 heterocycles. The second-order valence-corrected chi connectivity index (χ2v) is 8.07. The van der Waals surface area contributed by atoms with E-state index in [1.807, 2.05) is 37.2 Å². The Kier molecular flexibility index (Phi) is 5.29. The van der Waals surface area contributed by atoms with Gasteiger partial charge < -0.3 is 14.4 Å². The number of fused-ring (bicyclic) bond motifs is 1. The van der Waals surface area contributed by atoms with Crippen LogP contribution in [0.4, 0.5) is 0 Å². The molecule has 1 saturated carbocycles. The van der Waals surface area contributed by atoms with Crippen molar-refractivity contribution in [2.24, 2.45) is 0 Å². The largest absolute Gasteiger partial charge is 0.454 e. The number of hydrogen-bond donors (Lipinski definition) is 2. The monoisotopic (exact) mass is 355 g/mol. The number of nitrogens with zero attached hydrogens (tertiary/aromatic N) is 1. The number of hydrogen-bond acceptors (Lipinski definition) is 5. The summed E-state index contributed by atoms with van der Waals surface area (Å²) in [5.74, 6) is 1.42. The Labute approximate surface area is 143 Å². The fourth-order valence-corrected chi connectivity index (χ4v) is 4.35. The van der Waals surface area contributed by atoms with Crippen LogP contribution >= 0.6 is 0 Å². The van der Waals surface area contributed by atoms with Crippen LogP contribution in [-0.2, 0) is 10.2 Å². The molecule has 0 spiro atoms. The highest BCUT2D eigenvalue weighted by atomic mass is 32.2. The highest BCUT2D eigenvalue weighted by Crippen LogP contribution is 2.35. The van der Waals surface area contributed by atoms with Gasteiger partial charge in [0.05, 0.1) is 0 Å². The van der Waals surface area contributed by atoms with Crippen molar-refractivity contribution in [2.75, 3.05) is 27.4 Å². The van der Waals surface area contributed by atoms with Crippen LogP contribution in [0.3, 0.4) is 0 Å². The highest BCUT2D eigenvalue weighted by molar-refractivity contribution is 7.87. The summed E-state index contributed by atoms with van der Waals surface area (Å²) >= 11 is 0. The van der Waals surface area contributed by atoms with Gasteiger partial charge in [-0.2, -0.15) is 13.1 Å². The fraction of sp³-hybridized carbons (Fsp3) is 0.625. The molecule has 0 amide bonds. The second kappa shape index (κ2) is 7.26. The van der Waals surface area contributed by atoms with Crippen LogP contribution in [0.5, 0.6) is 11.5 Å². The number of likely N-dealkylation sites (N-methyl/N-ethyl adjacent to an activating group) is 1. The topological polar surface area (TPSA) is 79.9 Å². The van der Waals surface area contributed by atoms with Crippen molar-refractivity contribution >= 4 is 10.2 Å². The molecule has 1 atom stereocenters. The molecule has 7 nitrogen and oxygen atoms in total. The van der Waals surface area contributed by atoms with E-state index in [0.717, 1.165) is 37.0 Å². The Balaban J connectivity index is 1.65. The van der Waals surface area contributed by atoms with Crippen LogP contribution < -0.4 is 18.9 Å². The number of rotatable bonds is 7. The van der Waals surface area contributed by atoms with E-state index in [0.29, 0.717) is 5.75 Å². The third-order valence-corrected chi connectivity index (χ3v) is 5.74. The Hall–Kier alpha value is -1.35. The molecule has 2 aliphatic rings. The summed E-state index contributed by atoms with van der Waals surface area (Å²) in [6, 6.07) is 5.67. The molecule has 2 N–H and O–H groups in total. The van der Waals surface area contributed by atoms with Gasteiger partial charge in [0.1, 0.15) is 0 Å². The van der Waals surface area contributed by atoms with E-state index in [1.165, 1.54) is 0 Å². The van der Waals surface area contributed by atoms with Gasteiger partial charge in [-0.3, -0.25) is 0 Å². The molecule has 1 aliphatic carbocycles. The van der Waals surface area contributed by atoms with E-state index >= 15 is 0 Å². The molecule has 3 rings (SSSR count). The van der Waals surface area contributed by atoms with E-state index in [4.69, 9.17) is 9.47 Å². The Bertz CT molecular complexity index is 672. The van der Waals surface area contributed by atoms with Gasteiger partial charge in [-0.05, 0) is 44.6 Å². The molecule has 1 aliphatic heterocycles. The lowest BCUT2D eigenvalue weighted by Gasteiger charge is -2.25. The third kappa shape index (κ3) is 4.18. The zero-order valence-corrected chi connectivity index (χ0v) is 14.9. The third-order valence-electron chi connectivity index (χ3n) is 4.55. The van der Waals surface area contributed by atoms with Gasteiger partial charge in [0.15, 0.2) is 11.5 Å². The molecule has 134 valence electrons. The minimum atomic E-state index is -3.50. The second-order valence-electron chi connectivity index (χ2n) is 6.54. The van der Waals surface area contributed by atoms with Gasteiger partial charge in [0, 0.05) is 18.6 Å². The molecule has 1 unspecified atom stereocenters. The van der Waals surface area contributed by atoms with Crippen molar-refractivity contribution in [3.8, 4) is 11.5 Å². The van der Waals surface area contributed by atoms with Gasteiger partial charge in [0.25, 0.3) is 10.2 Å². The normalized spacial score (nSPS) is 19.1. The van der Waals surface area contributed by atoms with Crippen LogP contribution in [0.2, 0.25) is 0 Å². The van der Waals surface area contributed by atoms with Crippen LogP contribution in [0.25, 0.3) is 0 Å². The van der Waals surface area contributed by atoms with Crippen molar-refractivity contribution in [3.05, 3.63) is 23.8 Å². The van der Waals surface area contributed by atoms with Crippen LogP contribution in [0, 0.1) is 0 Å². The Morgan fingerprint density at radius 1 is 1.21 bits per heavy atom. The van der Waals surface area contributed by atoms with Gasteiger partial charge in [-0.25, -0.2) is 4.72 Å². The van der Waals surface area contributed by atoms with Crippen molar-refractivity contribution in [2.45, 2.75) is 37.8 Å². The summed E-state index contributed by atoms with van der Waals surface area (Å²) in [4.78, 5) is 1.98. The zero-order valence-electron chi connectivity index (χ0n) is 14.1. The van der Waals surface area contributed by atoms with Crippen molar-refractivity contribution in [1.29, 1.82) is 0 Å². The maximum Gasteiger partial charge on any atom is 0.277 e. The van der Waals surface area contributed by atoms with Crippen LogP contribution in [-0.4, -0.2) is 46.8 Å². The quantitative estimate of drug-likeness (QED) is 0.773. The lowest BCUT2D eigenvalue weighted by atomic mass is 10.1. The lowest BCUT2D eigenvalue weighted by Crippen LogP contribution is -2.44. The lowest BCUT2D eigenvalue weighted by molar-refractivity contribution is 0.174. The maximum absolute atomic E-state index is 12.2. The first kappa shape index (κ1) is 17.5. The van der Waals surface area contributed by atoms with Gasteiger partial charge in [-0.15, -0.1) is 0 Å². The zero-order chi connectivity index (χ0) is 17.2. The molecule has 1 aromatic carbocycles. The summed E-state index contributed by atoms with van der Waals surface area (Å²) < 4.78 is 40.7. The Morgan fingerprint density at radius 3 is 2.62 bits per heavy atom. The molecular weight excluding hydrogens is 330 g/mol. The number of nitrogens with one attached hydrogen (secondary N) is 2. The molecule has 0 saturated heterocycles. The van der Waals surface area contributed by atoms with E-state index in [2.05, 4.69) is 9.44 Å². The number of benzene rings is 1. The first-order valence-electron chi connectivity index (χ1n) is 8.27. The molecule has 1 aromatic rings. The van der Waals surface area contributed by atoms with E-state index in [1.54, 1.807) is 0 Å². The summed E-state index contributed by atoms with van der Waals surface area (Å²) in [5, 5.41) is 0. The van der Waals surface area contributed by atoms with E-state index in [-0.39, 0.29) is 25.4 Å².